The Balaban J connectivity index is 1.02. The Morgan fingerprint density at radius 1 is 0.442 bits per heavy atom. The van der Waals surface area contributed by atoms with Gasteiger partial charge in [-0.2, -0.15) is 0 Å². The van der Waals surface area contributed by atoms with E-state index in [0.717, 1.165) is 72.8 Å². The zero-order valence-electron chi connectivity index (χ0n) is 29.0. The van der Waals surface area contributed by atoms with Gasteiger partial charge >= 0.3 is 0 Å². The van der Waals surface area contributed by atoms with Gasteiger partial charge in [0.05, 0.1) is 22.2 Å². The van der Waals surface area contributed by atoms with E-state index in [1.807, 2.05) is 12.1 Å². The molecule has 7 aromatic carbocycles. The van der Waals surface area contributed by atoms with E-state index >= 15 is 0 Å². The molecule has 4 nitrogen and oxygen atoms in total. The van der Waals surface area contributed by atoms with Crippen LogP contribution in [-0.2, 0) is 5.41 Å². The molecule has 0 radical (unpaired) electrons. The predicted molar refractivity (Wildman–Crippen MR) is 213 cm³/mol. The summed E-state index contributed by atoms with van der Waals surface area (Å²) in [6, 6.07) is 59.9. The predicted octanol–water partition coefficient (Wildman–Crippen LogP) is 11.9. The smallest absolute Gasteiger partial charge is 0.160 e. The topological polar surface area (TPSA) is 43.6 Å². The molecular formula is C48H34N4. The number of imidazole rings is 1. The third kappa shape index (κ3) is 4.72. The summed E-state index contributed by atoms with van der Waals surface area (Å²) in [6.45, 7) is 4.64. The van der Waals surface area contributed by atoms with E-state index in [9.17, 15) is 0 Å². The van der Waals surface area contributed by atoms with Crippen LogP contribution in [0.4, 0.5) is 0 Å². The van der Waals surface area contributed by atoms with E-state index in [0.29, 0.717) is 0 Å². The van der Waals surface area contributed by atoms with Crippen LogP contribution >= 0.6 is 0 Å². The standard InChI is InChI=1S/C48H34N4/c1-48(2)39-18-8-6-15-36(39)44-38(17-12-19-40(44)48)45-37-16-7-9-20-41(37)49-46(51-45)33-27-23-31(24-28-33)32-25-29-34(30-26-32)47-50-42-21-10-11-22-43(42)52(47)35-13-4-3-5-14-35/h3-30H,1-2H3. The molecular weight excluding hydrogens is 633 g/mol. The maximum atomic E-state index is 5.32. The van der Waals surface area contributed by atoms with Crippen molar-refractivity contribution in [1.29, 1.82) is 0 Å². The van der Waals surface area contributed by atoms with Crippen LogP contribution in [0.3, 0.4) is 0 Å². The van der Waals surface area contributed by atoms with Crippen molar-refractivity contribution >= 4 is 21.9 Å². The minimum atomic E-state index is -0.0849. The van der Waals surface area contributed by atoms with Crippen molar-refractivity contribution in [3.05, 3.63) is 181 Å². The van der Waals surface area contributed by atoms with Crippen LogP contribution in [0.15, 0.2) is 170 Å². The lowest BCUT2D eigenvalue weighted by molar-refractivity contribution is 0.660. The molecule has 10 rings (SSSR count). The molecule has 0 fully saturated rings. The third-order valence-corrected chi connectivity index (χ3v) is 10.7. The van der Waals surface area contributed by atoms with Gasteiger partial charge in [0.25, 0.3) is 0 Å². The Labute approximate surface area is 302 Å². The van der Waals surface area contributed by atoms with Crippen molar-refractivity contribution in [3.8, 4) is 62.0 Å². The van der Waals surface area contributed by atoms with E-state index in [4.69, 9.17) is 15.0 Å². The van der Waals surface area contributed by atoms with Gasteiger partial charge in [-0.25, -0.2) is 15.0 Å². The van der Waals surface area contributed by atoms with Gasteiger partial charge in [-0.1, -0.05) is 153 Å². The van der Waals surface area contributed by atoms with Crippen LogP contribution in [-0.4, -0.2) is 19.5 Å². The van der Waals surface area contributed by atoms with E-state index in [-0.39, 0.29) is 5.41 Å². The van der Waals surface area contributed by atoms with E-state index < -0.39 is 0 Å². The van der Waals surface area contributed by atoms with Crippen molar-refractivity contribution in [1.82, 2.24) is 19.5 Å². The summed E-state index contributed by atoms with van der Waals surface area (Å²) in [4.78, 5) is 15.4. The summed E-state index contributed by atoms with van der Waals surface area (Å²) in [5, 5.41) is 1.05. The van der Waals surface area contributed by atoms with E-state index in [1.54, 1.807) is 0 Å². The first-order chi connectivity index (χ1) is 25.5. The molecule has 0 saturated heterocycles. The molecule has 4 heteroatoms. The zero-order chi connectivity index (χ0) is 34.8. The van der Waals surface area contributed by atoms with Crippen LogP contribution in [0, 0.1) is 0 Å². The summed E-state index contributed by atoms with van der Waals surface area (Å²) in [6.07, 6.45) is 0. The molecule has 9 aromatic rings. The minimum absolute atomic E-state index is 0.0849. The van der Waals surface area contributed by atoms with Crippen molar-refractivity contribution in [2.75, 3.05) is 0 Å². The first kappa shape index (κ1) is 30.2. The van der Waals surface area contributed by atoms with E-state index in [1.165, 1.54) is 22.3 Å². The summed E-state index contributed by atoms with van der Waals surface area (Å²) in [5.74, 6) is 1.65. The molecule has 246 valence electrons. The molecule has 0 amide bonds. The maximum Gasteiger partial charge on any atom is 0.160 e. The molecule has 0 saturated carbocycles. The van der Waals surface area contributed by atoms with Gasteiger partial charge in [0.2, 0.25) is 0 Å². The molecule has 52 heavy (non-hydrogen) atoms. The Morgan fingerprint density at radius 2 is 1.04 bits per heavy atom. The second-order valence-corrected chi connectivity index (χ2v) is 14.1. The average Bonchev–Trinajstić information content (AvgIpc) is 3.71. The normalized spacial score (nSPS) is 13.0. The number of fused-ring (bicyclic) bond motifs is 5. The maximum absolute atomic E-state index is 5.32. The highest BCUT2D eigenvalue weighted by Crippen LogP contribution is 2.52. The fourth-order valence-electron chi connectivity index (χ4n) is 8.04. The quantitative estimate of drug-likeness (QED) is 0.184. The number of benzene rings is 7. The highest BCUT2D eigenvalue weighted by Gasteiger charge is 2.37. The fraction of sp³-hybridized carbons (Fsp3) is 0.0625. The monoisotopic (exact) mass is 666 g/mol. The summed E-state index contributed by atoms with van der Waals surface area (Å²) < 4.78 is 2.24. The summed E-state index contributed by atoms with van der Waals surface area (Å²) in [7, 11) is 0. The molecule has 2 aromatic heterocycles. The van der Waals surface area contributed by atoms with Gasteiger partial charge in [-0.3, -0.25) is 4.57 Å². The molecule has 0 aliphatic heterocycles. The van der Waals surface area contributed by atoms with Gasteiger partial charge in [0.15, 0.2) is 5.82 Å². The van der Waals surface area contributed by atoms with Crippen LogP contribution in [0.25, 0.3) is 83.9 Å². The lowest BCUT2D eigenvalue weighted by Gasteiger charge is -2.21. The summed E-state index contributed by atoms with van der Waals surface area (Å²) >= 11 is 0. The van der Waals surface area contributed by atoms with Crippen LogP contribution < -0.4 is 0 Å². The molecule has 1 aliphatic carbocycles. The van der Waals surface area contributed by atoms with Gasteiger partial charge < -0.3 is 0 Å². The second-order valence-electron chi connectivity index (χ2n) is 14.1. The number of rotatable bonds is 5. The van der Waals surface area contributed by atoms with Gasteiger partial charge in [0.1, 0.15) is 5.82 Å². The SMILES string of the molecule is CC1(C)c2ccccc2-c2c(-c3nc(-c4ccc(-c5ccc(-c6nc7ccccc7n6-c6ccccc6)cc5)cc4)nc4ccccc34)cccc21. The minimum Gasteiger partial charge on any atom is -0.292 e. The van der Waals surface area contributed by atoms with Crippen LogP contribution in [0.5, 0.6) is 0 Å². The average molecular weight is 667 g/mol. The number of para-hydroxylation sites is 4. The number of hydrogen-bond donors (Lipinski definition) is 0. The molecule has 0 unspecified atom stereocenters. The number of aromatic nitrogens is 4. The van der Waals surface area contributed by atoms with E-state index in [2.05, 4.69) is 176 Å². The second kappa shape index (κ2) is 11.7. The van der Waals surface area contributed by atoms with Gasteiger partial charge in [0, 0.05) is 33.2 Å². The fourth-order valence-corrected chi connectivity index (χ4v) is 8.04. The van der Waals surface area contributed by atoms with Gasteiger partial charge in [-0.05, 0) is 63.7 Å². The lowest BCUT2D eigenvalue weighted by atomic mass is 9.82. The van der Waals surface area contributed by atoms with Gasteiger partial charge in [-0.15, -0.1) is 0 Å². The largest absolute Gasteiger partial charge is 0.292 e. The number of hydrogen-bond acceptors (Lipinski definition) is 3. The van der Waals surface area contributed by atoms with Crippen molar-refractivity contribution < 1.29 is 0 Å². The molecule has 1 aliphatic rings. The van der Waals surface area contributed by atoms with Crippen molar-refractivity contribution in [2.24, 2.45) is 0 Å². The lowest BCUT2D eigenvalue weighted by Crippen LogP contribution is -2.14. The zero-order valence-corrected chi connectivity index (χ0v) is 29.0. The molecule has 0 atom stereocenters. The third-order valence-electron chi connectivity index (χ3n) is 10.7. The molecule has 2 heterocycles. The first-order valence-electron chi connectivity index (χ1n) is 17.8. The van der Waals surface area contributed by atoms with Crippen LogP contribution in [0.2, 0.25) is 0 Å². The first-order valence-corrected chi connectivity index (χ1v) is 17.8. The van der Waals surface area contributed by atoms with Crippen molar-refractivity contribution in [3.63, 3.8) is 0 Å². The molecule has 0 N–H and O–H groups in total. The van der Waals surface area contributed by atoms with Crippen molar-refractivity contribution in [2.45, 2.75) is 19.3 Å². The highest BCUT2D eigenvalue weighted by molar-refractivity contribution is 6.01. The number of nitrogens with zero attached hydrogens (tertiary/aromatic N) is 4. The Kier molecular flexibility index (Phi) is 6.80. The Hall–Kier alpha value is -6.65. The Morgan fingerprint density at radius 3 is 1.83 bits per heavy atom. The van der Waals surface area contributed by atoms with Crippen LogP contribution in [0.1, 0.15) is 25.0 Å². The molecule has 0 spiro atoms. The Bertz CT molecular complexity index is 2790. The molecule has 0 bridgehead atoms. The highest BCUT2D eigenvalue weighted by atomic mass is 15.1. The summed E-state index contributed by atoms with van der Waals surface area (Å²) in [5.41, 5.74) is 15.7.